The number of nitrogens with zero attached hydrogens (tertiary/aromatic N) is 1. The van der Waals surface area contributed by atoms with Crippen LogP contribution in [0.25, 0.3) is 0 Å². The number of allylic oxidation sites excluding steroid dienone is 2. The molecule has 1 aliphatic rings. The highest BCUT2D eigenvalue weighted by Crippen LogP contribution is 2.06. The largest absolute Gasteiger partial charge is 0.602 e. The van der Waals surface area contributed by atoms with Crippen molar-refractivity contribution in [3.8, 4) is 0 Å². The van der Waals surface area contributed by atoms with E-state index >= 15 is 0 Å². The average Bonchev–Trinajstić information content (AvgIpc) is 2.42. The number of carbonyl (C=O) groups is 2. The Labute approximate surface area is 124 Å². The minimum absolute atomic E-state index is 0.0966. The monoisotopic (exact) mass is 287 g/mol. The van der Waals surface area contributed by atoms with Crippen molar-refractivity contribution in [2.24, 2.45) is 0 Å². The fraction of sp³-hybridized carbons (Fsp3) is 0.333. The molecule has 0 amide bonds. The van der Waals surface area contributed by atoms with E-state index in [1.54, 1.807) is 11.9 Å². The van der Waals surface area contributed by atoms with Crippen LogP contribution in [0.4, 0.5) is 0 Å². The van der Waals surface area contributed by atoms with Crippen molar-refractivity contribution in [2.45, 2.75) is 12.7 Å². The third-order valence-corrected chi connectivity index (χ3v) is 3.02. The molecule has 0 bridgehead atoms. The van der Waals surface area contributed by atoms with Gasteiger partial charge < -0.3 is 9.31 Å². The van der Waals surface area contributed by atoms with Crippen LogP contribution in [0.2, 0.25) is 6.32 Å². The van der Waals surface area contributed by atoms with Crippen molar-refractivity contribution >= 4 is 19.1 Å². The number of hydrogen-bond acceptors (Lipinski definition) is 5. The Bertz CT molecular complexity index is 498. The summed E-state index contributed by atoms with van der Waals surface area (Å²) >= 11 is 0. The molecule has 1 aromatic carbocycles. The Kier molecular flexibility index (Phi) is 5.57. The van der Waals surface area contributed by atoms with Gasteiger partial charge in [0.15, 0.2) is 0 Å². The zero-order chi connectivity index (χ0) is 15.1. The number of hydrogen-bond donors (Lipinski definition) is 0. The summed E-state index contributed by atoms with van der Waals surface area (Å²) in [6, 6.07) is 10.0. The topological polar surface area (TPSA) is 55.8 Å². The predicted octanol–water partition coefficient (Wildman–Crippen LogP) is 1.31. The number of rotatable bonds is 4. The highest BCUT2D eigenvalue weighted by Gasteiger charge is 2.30. The van der Waals surface area contributed by atoms with Crippen molar-refractivity contribution in [3.63, 3.8) is 0 Å². The molecule has 0 aromatic heterocycles. The number of carbonyl (C=O) groups excluding carboxylic acids is 2. The van der Waals surface area contributed by atoms with E-state index < -0.39 is 7.12 Å². The lowest BCUT2D eigenvalue weighted by atomic mass is 9.84. The number of likely N-dealkylation sites (N-methyl/N-ethyl adjacent to an activating group) is 1. The molecule has 0 unspecified atom stereocenters. The minimum atomic E-state index is -0.828. The first-order chi connectivity index (χ1) is 10.1. The molecule has 6 heteroatoms. The van der Waals surface area contributed by atoms with Crippen molar-refractivity contribution in [3.05, 3.63) is 48.0 Å². The summed E-state index contributed by atoms with van der Waals surface area (Å²) in [6.07, 6.45) is 5.00. The SMILES string of the molecule is CN1CC(=O)OB(C/C=C/Cc2ccccc2)OC(=O)C1. The summed E-state index contributed by atoms with van der Waals surface area (Å²) in [7, 11) is 0.841. The lowest BCUT2D eigenvalue weighted by Gasteiger charge is -2.21. The molecular weight excluding hydrogens is 269 g/mol. The standard InChI is InChI=1S/C15H18BNO4/c1-17-11-14(18)20-16(21-15(19)12-17)10-6-5-9-13-7-3-2-4-8-13/h2-8H,9-12H2,1H3/b6-5+. The summed E-state index contributed by atoms with van der Waals surface area (Å²) in [6.45, 7) is 0.193. The number of benzene rings is 1. The summed E-state index contributed by atoms with van der Waals surface area (Å²) in [5.41, 5.74) is 1.20. The van der Waals surface area contributed by atoms with E-state index in [1.807, 2.05) is 42.5 Å². The normalized spacial score (nSPS) is 17.3. The van der Waals surface area contributed by atoms with Gasteiger partial charge in [0.2, 0.25) is 0 Å². The molecule has 1 saturated heterocycles. The highest BCUT2D eigenvalue weighted by atomic mass is 16.6. The van der Waals surface area contributed by atoms with Crippen LogP contribution in [0, 0.1) is 0 Å². The molecule has 0 spiro atoms. The second-order valence-corrected chi connectivity index (χ2v) is 4.98. The first-order valence-corrected chi connectivity index (χ1v) is 6.90. The van der Waals surface area contributed by atoms with Crippen molar-refractivity contribution in [1.29, 1.82) is 0 Å². The van der Waals surface area contributed by atoms with Gasteiger partial charge in [0.1, 0.15) is 0 Å². The Hall–Kier alpha value is -2.08. The average molecular weight is 287 g/mol. The molecule has 0 atom stereocenters. The lowest BCUT2D eigenvalue weighted by molar-refractivity contribution is -0.145. The molecule has 1 aromatic rings. The van der Waals surface area contributed by atoms with Gasteiger partial charge in [0, 0.05) is 6.32 Å². The zero-order valence-electron chi connectivity index (χ0n) is 12.0. The molecule has 0 radical (unpaired) electrons. The Morgan fingerprint density at radius 2 is 1.71 bits per heavy atom. The van der Waals surface area contributed by atoms with Gasteiger partial charge in [-0.05, 0) is 19.0 Å². The van der Waals surface area contributed by atoms with Crippen LogP contribution in [0.15, 0.2) is 42.5 Å². The molecule has 0 saturated carbocycles. The molecule has 0 aliphatic carbocycles. The summed E-state index contributed by atoms with van der Waals surface area (Å²) in [5.74, 6) is -0.766. The molecule has 1 fully saturated rings. The van der Waals surface area contributed by atoms with E-state index in [2.05, 4.69) is 0 Å². The molecule has 5 nitrogen and oxygen atoms in total. The van der Waals surface area contributed by atoms with E-state index in [1.165, 1.54) is 5.56 Å². The van der Waals surface area contributed by atoms with E-state index in [0.717, 1.165) is 6.42 Å². The summed E-state index contributed by atoms with van der Waals surface area (Å²) in [5, 5.41) is 0. The fourth-order valence-electron chi connectivity index (χ4n) is 2.03. The molecule has 1 aliphatic heterocycles. The first kappa shape index (κ1) is 15.3. The van der Waals surface area contributed by atoms with Gasteiger partial charge in [-0.2, -0.15) is 0 Å². The quantitative estimate of drug-likeness (QED) is 0.617. The second kappa shape index (κ2) is 7.64. The molecule has 0 N–H and O–H groups in total. The Balaban J connectivity index is 1.83. The minimum Gasteiger partial charge on any atom is -0.498 e. The zero-order valence-corrected chi connectivity index (χ0v) is 12.0. The van der Waals surface area contributed by atoms with E-state index in [-0.39, 0.29) is 25.0 Å². The molecule has 110 valence electrons. The van der Waals surface area contributed by atoms with Gasteiger partial charge >= 0.3 is 19.1 Å². The third kappa shape index (κ3) is 5.43. The van der Waals surface area contributed by atoms with Crippen molar-refractivity contribution < 1.29 is 18.9 Å². The molecule has 1 heterocycles. The van der Waals surface area contributed by atoms with E-state index in [9.17, 15) is 9.59 Å². The summed E-state index contributed by atoms with van der Waals surface area (Å²) < 4.78 is 10.2. The van der Waals surface area contributed by atoms with Crippen LogP contribution < -0.4 is 0 Å². The maximum absolute atomic E-state index is 11.5. The third-order valence-electron chi connectivity index (χ3n) is 3.02. The van der Waals surface area contributed by atoms with Gasteiger partial charge in [-0.3, -0.25) is 14.5 Å². The van der Waals surface area contributed by atoms with Crippen LogP contribution in [-0.2, 0) is 25.3 Å². The lowest BCUT2D eigenvalue weighted by Crippen LogP contribution is -2.42. The van der Waals surface area contributed by atoms with Gasteiger partial charge in [0.25, 0.3) is 0 Å². The molecule has 21 heavy (non-hydrogen) atoms. The van der Waals surface area contributed by atoms with Gasteiger partial charge in [-0.1, -0.05) is 42.5 Å². The van der Waals surface area contributed by atoms with Crippen molar-refractivity contribution in [1.82, 2.24) is 4.90 Å². The van der Waals surface area contributed by atoms with Crippen LogP contribution in [0.5, 0.6) is 0 Å². The van der Waals surface area contributed by atoms with Crippen LogP contribution in [-0.4, -0.2) is 44.1 Å². The van der Waals surface area contributed by atoms with E-state index in [4.69, 9.17) is 9.31 Å². The summed E-state index contributed by atoms with van der Waals surface area (Å²) in [4.78, 5) is 24.6. The maximum atomic E-state index is 11.5. The smallest absolute Gasteiger partial charge is 0.498 e. The Morgan fingerprint density at radius 3 is 2.33 bits per heavy atom. The van der Waals surface area contributed by atoms with Crippen LogP contribution in [0.1, 0.15) is 5.56 Å². The predicted molar refractivity (Wildman–Crippen MR) is 79.5 cm³/mol. The van der Waals surface area contributed by atoms with Crippen LogP contribution in [0.3, 0.4) is 0 Å². The van der Waals surface area contributed by atoms with Crippen molar-refractivity contribution in [2.75, 3.05) is 20.1 Å². The van der Waals surface area contributed by atoms with Gasteiger partial charge in [-0.15, -0.1) is 0 Å². The highest BCUT2D eigenvalue weighted by molar-refractivity contribution is 6.49. The molecular formula is C15H18BNO4. The van der Waals surface area contributed by atoms with Gasteiger partial charge in [-0.25, -0.2) is 0 Å². The van der Waals surface area contributed by atoms with Crippen LogP contribution >= 0.6 is 0 Å². The van der Waals surface area contributed by atoms with E-state index in [0.29, 0.717) is 6.32 Å². The van der Waals surface area contributed by atoms with Gasteiger partial charge in [0.05, 0.1) is 13.1 Å². The first-order valence-electron chi connectivity index (χ1n) is 6.90. The fourth-order valence-corrected chi connectivity index (χ4v) is 2.03. The second-order valence-electron chi connectivity index (χ2n) is 4.98. The Morgan fingerprint density at radius 1 is 1.10 bits per heavy atom. The maximum Gasteiger partial charge on any atom is 0.602 e. The molecule has 2 rings (SSSR count).